The number of nitrogens with one attached hydrogen (secondary N) is 2. The average molecular weight is 258 g/mol. The molecule has 0 spiro atoms. The van der Waals surface area contributed by atoms with E-state index in [1.54, 1.807) is 17.8 Å². The number of hydrogen-bond acceptors (Lipinski definition) is 6. The van der Waals surface area contributed by atoms with Gasteiger partial charge >= 0.3 is 0 Å². The van der Waals surface area contributed by atoms with Gasteiger partial charge < -0.3 is 10.6 Å². The van der Waals surface area contributed by atoms with E-state index in [0.717, 1.165) is 15.2 Å². The summed E-state index contributed by atoms with van der Waals surface area (Å²) in [6.45, 7) is 6.45. The molecule has 0 atom stereocenters. The topological polar surface area (TPSA) is 66.9 Å². The summed E-state index contributed by atoms with van der Waals surface area (Å²) in [5, 5.41) is 14.6. The maximum Gasteiger partial charge on any atom is 0.216 e. The Bertz CT molecular complexity index is 353. The second-order valence-electron chi connectivity index (χ2n) is 2.87. The Hall–Kier alpha value is -1.08. The van der Waals surface area contributed by atoms with Gasteiger partial charge in [0.05, 0.1) is 0 Å². The highest BCUT2D eigenvalue weighted by atomic mass is 32.2. The minimum absolute atomic E-state index is 0.00815. The quantitative estimate of drug-likeness (QED) is 0.439. The van der Waals surface area contributed by atoms with E-state index in [0.29, 0.717) is 13.1 Å². The summed E-state index contributed by atoms with van der Waals surface area (Å²) in [6, 6.07) is 0. The molecule has 1 heterocycles. The highest BCUT2D eigenvalue weighted by Crippen LogP contribution is 2.24. The first-order valence-electron chi connectivity index (χ1n) is 4.78. The normalized spacial score (nSPS) is 9.81. The van der Waals surface area contributed by atoms with Gasteiger partial charge in [0.25, 0.3) is 0 Å². The molecular formula is C9H14N4OS2. The number of carbonyl (C=O) groups excluding carboxylic acids is 1. The smallest absolute Gasteiger partial charge is 0.216 e. The summed E-state index contributed by atoms with van der Waals surface area (Å²) < 4.78 is 0.900. The van der Waals surface area contributed by atoms with Gasteiger partial charge in [-0.25, -0.2) is 0 Å². The molecule has 0 aliphatic heterocycles. The Labute approximate surface area is 103 Å². The molecule has 0 unspecified atom stereocenters. The number of carbonyl (C=O) groups is 1. The van der Waals surface area contributed by atoms with Gasteiger partial charge in [-0.05, 0) is 0 Å². The third-order valence-corrected chi connectivity index (χ3v) is 3.52. The van der Waals surface area contributed by atoms with E-state index in [2.05, 4.69) is 27.4 Å². The molecule has 1 amide bonds. The molecule has 0 saturated carbocycles. The van der Waals surface area contributed by atoms with Crippen molar-refractivity contribution in [2.24, 2.45) is 0 Å². The lowest BCUT2D eigenvalue weighted by molar-refractivity contribution is -0.118. The molecule has 7 heteroatoms. The van der Waals surface area contributed by atoms with Crippen LogP contribution in [0, 0.1) is 0 Å². The number of hydrogen-bond donors (Lipinski definition) is 2. The zero-order chi connectivity index (χ0) is 11.8. The lowest BCUT2D eigenvalue weighted by Crippen LogP contribution is -2.22. The molecule has 0 radical (unpaired) electrons. The molecule has 0 fully saturated rings. The van der Waals surface area contributed by atoms with E-state index in [-0.39, 0.29) is 5.91 Å². The van der Waals surface area contributed by atoms with Crippen LogP contribution in [0.4, 0.5) is 5.13 Å². The van der Waals surface area contributed by atoms with Crippen LogP contribution in [0.5, 0.6) is 0 Å². The molecule has 0 saturated heterocycles. The van der Waals surface area contributed by atoms with E-state index in [1.165, 1.54) is 18.3 Å². The number of thioether (sulfide) groups is 1. The molecule has 0 aliphatic carbocycles. The Balaban J connectivity index is 2.23. The van der Waals surface area contributed by atoms with E-state index in [4.69, 9.17) is 0 Å². The van der Waals surface area contributed by atoms with Crippen LogP contribution in [-0.2, 0) is 4.79 Å². The van der Waals surface area contributed by atoms with Gasteiger partial charge in [-0.15, -0.1) is 16.8 Å². The van der Waals surface area contributed by atoms with Crippen LogP contribution in [0.3, 0.4) is 0 Å². The molecule has 1 aromatic heterocycles. The van der Waals surface area contributed by atoms with Crippen molar-refractivity contribution in [2.45, 2.75) is 11.3 Å². The maximum absolute atomic E-state index is 10.6. The fourth-order valence-corrected chi connectivity index (χ4v) is 2.55. The first kappa shape index (κ1) is 13.0. The zero-order valence-electron chi connectivity index (χ0n) is 9.02. The van der Waals surface area contributed by atoms with Gasteiger partial charge in [0.15, 0.2) is 4.34 Å². The van der Waals surface area contributed by atoms with Crippen LogP contribution in [0.25, 0.3) is 0 Å². The predicted molar refractivity (Wildman–Crippen MR) is 68.0 cm³/mol. The van der Waals surface area contributed by atoms with Crippen LogP contribution < -0.4 is 10.6 Å². The number of nitrogens with zero attached hydrogens (tertiary/aromatic N) is 2. The monoisotopic (exact) mass is 258 g/mol. The van der Waals surface area contributed by atoms with Crippen molar-refractivity contribution in [3.05, 3.63) is 12.7 Å². The molecule has 1 aromatic rings. The first-order chi connectivity index (χ1) is 7.72. The second-order valence-corrected chi connectivity index (χ2v) is 5.19. The van der Waals surface area contributed by atoms with Crippen LogP contribution in [0.2, 0.25) is 0 Å². The third kappa shape index (κ3) is 5.13. The number of rotatable bonds is 7. The van der Waals surface area contributed by atoms with Gasteiger partial charge in [-0.2, -0.15) is 0 Å². The largest absolute Gasteiger partial charge is 0.357 e. The van der Waals surface area contributed by atoms with Crippen LogP contribution in [-0.4, -0.2) is 34.9 Å². The zero-order valence-corrected chi connectivity index (χ0v) is 10.7. The Morgan fingerprint density at radius 2 is 2.44 bits per heavy atom. The predicted octanol–water partition coefficient (Wildman–Crippen LogP) is 1.36. The minimum atomic E-state index is -0.00815. The molecular weight excluding hydrogens is 244 g/mol. The fourth-order valence-electron chi connectivity index (χ4n) is 0.864. The van der Waals surface area contributed by atoms with Crippen molar-refractivity contribution < 1.29 is 4.79 Å². The molecule has 0 bridgehead atoms. The van der Waals surface area contributed by atoms with Crippen LogP contribution >= 0.6 is 23.1 Å². The Kier molecular flexibility index (Phi) is 5.87. The first-order valence-corrected chi connectivity index (χ1v) is 6.58. The Morgan fingerprint density at radius 1 is 1.62 bits per heavy atom. The summed E-state index contributed by atoms with van der Waals surface area (Å²) in [5.74, 6) is 0.793. The summed E-state index contributed by atoms with van der Waals surface area (Å²) in [7, 11) is 0. The molecule has 16 heavy (non-hydrogen) atoms. The molecule has 1 rings (SSSR count). The lowest BCUT2D eigenvalue weighted by atomic mass is 10.6. The van der Waals surface area contributed by atoms with E-state index < -0.39 is 0 Å². The molecule has 0 aliphatic rings. The van der Waals surface area contributed by atoms with E-state index in [9.17, 15) is 4.79 Å². The van der Waals surface area contributed by atoms with Crippen molar-refractivity contribution in [1.29, 1.82) is 0 Å². The second kappa shape index (κ2) is 7.24. The summed E-state index contributed by atoms with van der Waals surface area (Å²) in [6.07, 6.45) is 1.77. The van der Waals surface area contributed by atoms with E-state index in [1.807, 2.05) is 0 Å². The highest BCUT2D eigenvalue weighted by molar-refractivity contribution is 8.01. The van der Waals surface area contributed by atoms with Crippen molar-refractivity contribution in [3.8, 4) is 0 Å². The van der Waals surface area contributed by atoms with Gasteiger partial charge in [0, 0.05) is 25.8 Å². The van der Waals surface area contributed by atoms with Crippen molar-refractivity contribution in [2.75, 3.05) is 24.2 Å². The Morgan fingerprint density at radius 3 is 3.12 bits per heavy atom. The van der Waals surface area contributed by atoms with Gasteiger partial charge in [-0.1, -0.05) is 29.2 Å². The standard InChI is InChI=1S/C9H14N4OS2/c1-3-4-11-8-12-13-9(16-8)15-6-5-10-7(2)14/h3H,1,4-6H2,2H3,(H,10,14)(H,11,12). The lowest BCUT2D eigenvalue weighted by Gasteiger charge is -1.98. The number of anilines is 1. The minimum Gasteiger partial charge on any atom is -0.357 e. The van der Waals surface area contributed by atoms with Gasteiger partial charge in [-0.3, -0.25) is 4.79 Å². The van der Waals surface area contributed by atoms with Crippen molar-refractivity contribution >= 4 is 34.1 Å². The average Bonchev–Trinajstić information content (AvgIpc) is 2.69. The third-order valence-electron chi connectivity index (χ3n) is 1.51. The number of aromatic nitrogens is 2. The number of amides is 1. The summed E-state index contributed by atoms with van der Waals surface area (Å²) in [4.78, 5) is 10.6. The van der Waals surface area contributed by atoms with Crippen molar-refractivity contribution in [3.63, 3.8) is 0 Å². The van der Waals surface area contributed by atoms with E-state index >= 15 is 0 Å². The summed E-state index contributed by atoms with van der Waals surface area (Å²) >= 11 is 3.08. The van der Waals surface area contributed by atoms with Crippen molar-refractivity contribution in [1.82, 2.24) is 15.5 Å². The molecule has 2 N–H and O–H groups in total. The molecule has 0 aromatic carbocycles. The maximum atomic E-state index is 10.6. The summed E-state index contributed by atoms with van der Waals surface area (Å²) in [5.41, 5.74) is 0. The molecule has 5 nitrogen and oxygen atoms in total. The van der Waals surface area contributed by atoms with Crippen LogP contribution in [0.1, 0.15) is 6.92 Å². The van der Waals surface area contributed by atoms with Gasteiger partial charge in [0.2, 0.25) is 11.0 Å². The van der Waals surface area contributed by atoms with Crippen LogP contribution in [0.15, 0.2) is 17.0 Å². The fraction of sp³-hybridized carbons (Fsp3) is 0.444. The SMILES string of the molecule is C=CCNc1nnc(SCCNC(C)=O)s1. The van der Waals surface area contributed by atoms with Gasteiger partial charge in [0.1, 0.15) is 0 Å². The highest BCUT2D eigenvalue weighted by Gasteiger charge is 2.03. The molecule has 88 valence electrons.